The lowest BCUT2D eigenvalue weighted by Gasteiger charge is -2.32. The number of benzene rings is 1. The first-order chi connectivity index (χ1) is 17.2. The maximum Gasteiger partial charge on any atom is 0.143 e. The van der Waals surface area contributed by atoms with Crippen molar-refractivity contribution in [2.24, 2.45) is 10.7 Å². The zero-order valence-electron chi connectivity index (χ0n) is 19.3. The van der Waals surface area contributed by atoms with Crippen LogP contribution in [0, 0.1) is 0 Å². The fourth-order valence-electron chi connectivity index (χ4n) is 4.69. The number of likely N-dealkylation sites (tertiary alicyclic amines) is 1. The molecule has 2 N–H and O–H groups in total. The second-order valence-corrected chi connectivity index (χ2v) is 9.05. The highest BCUT2D eigenvalue weighted by molar-refractivity contribution is 6.30. The van der Waals surface area contributed by atoms with Crippen LogP contribution in [0.5, 0.6) is 0 Å². The molecule has 35 heavy (non-hydrogen) atoms. The van der Waals surface area contributed by atoms with E-state index in [1.807, 2.05) is 30.3 Å². The average Bonchev–Trinajstić information content (AvgIpc) is 3.56. The van der Waals surface area contributed by atoms with Gasteiger partial charge in [0, 0.05) is 49.0 Å². The summed E-state index contributed by atoms with van der Waals surface area (Å²) in [5.74, 6) is 0.610. The van der Waals surface area contributed by atoms with Crippen LogP contribution in [0.25, 0.3) is 11.8 Å². The highest BCUT2D eigenvalue weighted by Crippen LogP contribution is 2.25. The monoisotopic (exact) mass is 493 g/mol. The van der Waals surface area contributed by atoms with Crippen LogP contribution in [-0.4, -0.2) is 92.3 Å². The molecule has 4 heterocycles. The van der Waals surface area contributed by atoms with Crippen LogP contribution in [0.1, 0.15) is 12.0 Å². The predicted molar refractivity (Wildman–Crippen MR) is 135 cm³/mol. The van der Waals surface area contributed by atoms with Crippen LogP contribution in [0.2, 0.25) is 5.02 Å². The van der Waals surface area contributed by atoms with Gasteiger partial charge in [0.25, 0.3) is 0 Å². The topological polar surface area (TPSA) is 111 Å². The van der Waals surface area contributed by atoms with E-state index in [1.54, 1.807) is 23.4 Å². The molecule has 182 valence electrons. The first-order valence-electron chi connectivity index (χ1n) is 11.7. The van der Waals surface area contributed by atoms with Crippen molar-refractivity contribution in [3.63, 3.8) is 0 Å². The minimum atomic E-state index is 0.0334. The van der Waals surface area contributed by atoms with Crippen LogP contribution in [0.4, 0.5) is 5.69 Å². The number of nitrogens with zero attached hydrogens (tertiary/aromatic N) is 8. The van der Waals surface area contributed by atoms with E-state index in [2.05, 4.69) is 47.5 Å². The van der Waals surface area contributed by atoms with Gasteiger partial charge in [0.2, 0.25) is 0 Å². The Bertz CT molecular complexity index is 1160. The maximum atomic E-state index is 6.55. The van der Waals surface area contributed by atoms with Gasteiger partial charge >= 0.3 is 0 Å². The van der Waals surface area contributed by atoms with Gasteiger partial charge in [-0.1, -0.05) is 23.8 Å². The summed E-state index contributed by atoms with van der Waals surface area (Å²) in [6, 6.07) is 9.86. The fraction of sp³-hybridized carbons (Fsp3) is 0.375. The van der Waals surface area contributed by atoms with Crippen molar-refractivity contribution in [3.05, 3.63) is 65.7 Å². The minimum Gasteiger partial charge on any atom is -0.386 e. The smallest absolute Gasteiger partial charge is 0.143 e. The normalized spacial score (nSPS) is 22.3. The number of hydrogen-bond donors (Lipinski definition) is 1. The molecule has 2 atom stereocenters. The highest BCUT2D eigenvalue weighted by atomic mass is 35.5. The predicted octanol–water partition coefficient (Wildman–Crippen LogP) is 2.19. The van der Waals surface area contributed by atoms with Crippen LogP contribution >= 0.6 is 11.6 Å². The minimum absolute atomic E-state index is 0.0334. The third-order valence-electron chi connectivity index (χ3n) is 6.41. The molecule has 0 radical (unpaired) electrons. The Hall–Kier alpha value is -3.18. The molecule has 2 aromatic heterocycles. The summed E-state index contributed by atoms with van der Waals surface area (Å²) in [6.07, 6.45) is 10.1. The fourth-order valence-corrected chi connectivity index (χ4v) is 4.87. The van der Waals surface area contributed by atoms with Gasteiger partial charge < -0.3 is 10.5 Å². The summed E-state index contributed by atoms with van der Waals surface area (Å²) < 4.78 is 7.18. The number of rotatable bonds is 7. The Balaban J connectivity index is 1.36. The molecule has 2 aliphatic rings. The molecule has 0 aliphatic carbocycles. The van der Waals surface area contributed by atoms with E-state index in [-0.39, 0.29) is 6.04 Å². The number of tetrazole rings is 1. The van der Waals surface area contributed by atoms with Crippen LogP contribution in [0.3, 0.4) is 0 Å². The Morgan fingerprint density at radius 3 is 2.91 bits per heavy atom. The molecule has 0 saturated carbocycles. The molecule has 0 amide bonds. The number of halogens is 1. The van der Waals surface area contributed by atoms with Crippen molar-refractivity contribution in [2.45, 2.75) is 18.5 Å². The number of amidine groups is 1. The molecule has 2 fully saturated rings. The van der Waals surface area contributed by atoms with E-state index < -0.39 is 0 Å². The van der Waals surface area contributed by atoms with E-state index in [1.165, 1.54) is 0 Å². The number of aliphatic imine (C=N–C) groups is 1. The van der Waals surface area contributed by atoms with Gasteiger partial charge in [-0.3, -0.25) is 14.8 Å². The molecule has 3 aromatic rings. The van der Waals surface area contributed by atoms with Crippen molar-refractivity contribution in [3.8, 4) is 5.69 Å². The van der Waals surface area contributed by atoms with E-state index in [0.29, 0.717) is 16.9 Å². The SMILES string of the molecule is NC(=Nc1cccnc1)[C@@H]1C[C@H](N2CCOCC2)CN1C/C=C/c1cc(Cl)ccc1-n1cnnn1. The van der Waals surface area contributed by atoms with Gasteiger partial charge in [-0.25, -0.2) is 4.99 Å². The Kier molecular flexibility index (Phi) is 7.43. The van der Waals surface area contributed by atoms with Crippen molar-refractivity contribution in [2.75, 3.05) is 39.4 Å². The van der Waals surface area contributed by atoms with E-state index >= 15 is 0 Å². The second-order valence-electron chi connectivity index (χ2n) is 8.62. The van der Waals surface area contributed by atoms with Crippen molar-refractivity contribution < 1.29 is 4.74 Å². The molecule has 5 rings (SSSR count). The molecule has 1 aromatic carbocycles. The highest BCUT2D eigenvalue weighted by Gasteiger charge is 2.37. The quantitative estimate of drug-likeness (QED) is 0.394. The summed E-state index contributed by atoms with van der Waals surface area (Å²) >= 11 is 6.27. The molecule has 2 aliphatic heterocycles. The number of nitrogens with two attached hydrogens (primary N) is 1. The third-order valence-corrected chi connectivity index (χ3v) is 6.65. The Morgan fingerprint density at radius 2 is 2.14 bits per heavy atom. The lowest BCUT2D eigenvalue weighted by atomic mass is 10.1. The lowest BCUT2D eigenvalue weighted by molar-refractivity contribution is 0.0187. The summed E-state index contributed by atoms with van der Waals surface area (Å²) in [5.41, 5.74) is 9.11. The zero-order valence-corrected chi connectivity index (χ0v) is 20.1. The molecule has 11 heteroatoms. The van der Waals surface area contributed by atoms with Crippen molar-refractivity contribution in [1.82, 2.24) is 35.0 Å². The summed E-state index contributed by atoms with van der Waals surface area (Å²) in [4.78, 5) is 13.7. The lowest BCUT2D eigenvalue weighted by Crippen LogP contribution is -2.44. The average molecular weight is 494 g/mol. The van der Waals surface area contributed by atoms with Crippen LogP contribution in [0.15, 0.2) is 60.1 Å². The van der Waals surface area contributed by atoms with Crippen molar-refractivity contribution >= 4 is 29.2 Å². The van der Waals surface area contributed by atoms with Crippen LogP contribution in [-0.2, 0) is 4.74 Å². The second kappa shape index (κ2) is 11.0. The van der Waals surface area contributed by atoms with Gasteiger partial charge in [0.1, 0.15) is 12.2 Å². The maximum absolute atomic E-state index is 6.55. The van der Waals surface area contributed by atoms with Gasteiger partial charge in [0.15, 0.2) is 0 Å². The molecular weight excluding hydrogens is 466 g/mol. The number of morpholine rings is 1. The largest absolute Gasteiger partial charge is 0.386 e. The molecule has 10 nitrogen and oxygen atoms in total. The zero-order chi connectivity index (χ0) is 24.0. The Morgan fingerprint density at radius 1 is 1.26 bits per heavy atom. The number of ether oxygens (including phenoxy) is 1. The van der Waals surface area contributed by atoms with Gasteiger partial charge in [-0.05, 0) is 47.2 Å². The van der Waals surface area contributed by atoms with E-state index in [4.69, 9.17) is 22.1 Å². The summed E-state index contributed by atoms with van der Waals surface area (Å²) in [6.45, 7) is 5.06. The first-order valence-corrected chi connectivity index (χ1v) is 12.0. The molecular formula is C24H28ClN9O. The number of hydrogen-bond acceptors (Lipinski definition) is 8. The van der Waals surface area contributed by atoms with Gasteiger partial charge in [-0.15, -0.1) is 5.10 Å². The first kappa shape index (κ1) is 23.6. The molecule has 0 spiro atoms. The number of aromatic nitrogens is 5. The van der Waals surface area contributed by atoms with Gasteiger partial charge in [-0.2, -0.15) is 4.68 Å². The Labute approximate surface area is 209 Å². The molecule has 0 bridgehead atoms. The number of pyridine rings is 1. The standard InChI is InChI=1S/C24H28ClN9O/c25-19-5-6-22(34-17-28-30-31-34)18(13-19)3-2-8-33-16-21(32-9-11-35-12-10-32)14-23(33)24(26)29-20-4-1-7-27-15-20/h1-7,13,15,17,21,23H,8-12,14,16H2,(H2,26,29)/b3-2+/t21-,23-/m0/s1. The van der Waals surface area contributed by atoms with Crippen molar-refractivity contribution in [1.29, 1.82) is 0 Å². The van der Waals surface area contributed by atoms with E-state index in [0.717, 1.165) is 62.8 Å². The molecule has 0 unspecified atom stereocenters. The third kappa shape index (κ3) is 5.73. The summed E-state index contributed by atoms with van der Waals surface area (Å²) in [5, 5.41) is 12.2. The van der Waals surface area contributed by atoms with Crippen LogP contribution < -0.4 is 5.73 Å². The molecule has 2 saturated heterocycles. The van der Waals surface area contributed by atoms with Gasteiger partial charge in [0.05, 0.1) is 36.8 Å². The van der Waals surface area contributed by atoms with E-state index in [9.17, 15) is 0 Å². The summed E-state index contributed by atoms with van der Waals surface area (Å²) in [7, 11) is 0.